The maximum absolute atomic E-state index is 12.7. The fourth-order valence-electron chi connectivity index (χ4n) is 3.93. The number of benzene rings is 1. The fourth-order valence-corrected chi connectivity index (χ4v) is 3.93. The Bertz CT molecular complexity index is 912. The normalized spacial score (nSPS) is 19.7. The Balaban J connectivity index is 1.71. The molecule has 2 aliphatic heterocycles. The van der Waals surface area contributed by atoms with Crippen molar-refractivity contribution in [3.05, 3.63) is 65.1 Å². The van der Waals surface area contributed by atoms with Crippen LogP contribution in [0, 0.1) is 0 Å². The summed E-state index contributed by atoms with van der Waals surface area (Å²) >= 11 is 0. The molecule has 0 unspecified atom stereocenters. The molecule has 0 saturated heterocycles. The summed E-state index contributed by atoms with van der Waals surface area (Å²) in [6.07, 6.45) is 5.26. The smallest absolute Gasteiger partial charge is 0.256 e. The van der Waals surface area contributed by atoms with Gasteiger partial charge in [0, 0.05) is 35.5 Å². The number of amides is 1. The Morgan fingerprint density at radius 1 is 1.23 bits per heavy atom. The number of carbonyl (C=O) groups is 1. The number of para-hydroxylation sites is 1. The third-order valence-electron chi connectivity index (χ3n) is 4.97. The second kappa shape index (κ2) is 4.19. The second-order valence-corrected chi connectivity index (χ2v) is 6.06. The Morgan fingerprint density at radius 2 is 2.14 bits per heavy atom. The highest BCUT2D eigenvalue weighted by Crippen LogP contribution is 2.39. The number of nitrogens with one attached hydrogen (secondary N) is 1. The van der Waals surface area contributed by atoms with Crippen molar-refractivity contribution in [2.45, 2.75) is 18.9 Å². The predicted octanol–water partition coefficient (Wildman–Crippen LogP) is 2.86. The number of rotatable bonds is 0. The molecule has 4 nitrogen and oxygen atoms in total. The molecule has 0 saturated carbocycles. The van der Waals surface area contributed by atoms with Crippen molar-refractivity contribution in [1.29, 1.82) is 0 Å². The molecular weight excluding hydrogens is 274 g/mol. The lowest BCUT2D eigenvalue weighted by atomic mass is 9.87. The van der Waals surface area contributed by atoms with Gasteiger partial charge in [0.25, 0.3) is 5.91 Å². The lowest BCUT2D eigenvalue weighted by molar-refractivity contribution is 0.0627. The molecule has 4 heteroatoms. The number of pyridine rings is 1. The first-order valence-electron chi connectivity index (χ1n) is 7.66. The first kappa shape index (κ1) is 12.0. The number of nitrogens with zero attached hydrogens (tertiary/aromatic N) is 2. The zero-order chi connectivity index (χ0) is 14.7. The van der Waals surface area contributed by atoms with Gasteiger partial charge in [-0.25, -0.2) is 0 Å². The number of H-pyrrole nitrogens is 1. The Hall–Kier alpha value is -2.62. The summed E-state index contributed by atoms with van der Waals surface area (Å²) in [5.41, 5.74) is 5.62. The van der Waals surface area contributed by atoms with Crippen LogP contribution in [0.1, 0.15) is 33.2 Å². The molecule has 0 bridgehead atoms. The van der Waals surface area contributed by atoms with E-state index in [1.165, 1.54) is 22.2 Å². The Morgan fingerprint density at radius 3 is 3.09 bits per heavy atom. The number of carbonyl (C=O) groups excluding carboxylic acids is 1. The van der Waals surface area contributed by atoms with Crippen LogP contribution < -0.4 is 0 Å². The van der Waals surface area contributed by atoms with Crippen LogP contribution in [0.3, 0.4) is 0 Å². The molecule has 0 fully saturated rings. The van der Waals surface area contributed by atoms with E-state index < -0.39 is 0 Å². The van der Waals surface area contributed by atoms with Gasteiger partial charge in [0.2, 0.25) is 0 Å². The monoisotopic (exact) mass is 289 g/mol. The SMILES string of the molecule is O=C1c2cnccc2C[C@@H]2c3[nH]c4ccccc4c3CCN12. The van der Waals surface area contributed by atoms with Crippen molar-refractivity contribution in [3.63, 3.8) is 0 Å². The number of hydrogen-bond acceptors (Lipinski definition) is 2. The highest BCUT2D eigenvalue weighted by atomic mass is 16.2. The molecule has 108 valence electrons. The van der Waals surface area contributed by atoms with Crippen molar-refractivity contribution in [1.82, 2.24) is 14.9 Å². The zero-order valence-electron chi connectivity index (χ0n) is 12.0. The summed E-state index contributed by atoms with van der Waals surface area (Å²) in [7, 11) is 0. The summed E-state index contributed by atoms with van der Waals surface area (Å²) in [6, 6.07) is 10.5. The molecule has 1 aromatic carbocycles. The molecule has 2 aromatic heterocycles. The topological polar surface area (TPSA) is 49.0 Å². The van der Waals surface area contributed by atoms with E-state index in [2.05, 4.69) is 34.2 Å². The highest BCUT2D eigenvalue weighted by molar-refractivity contribution is 5.97. The van der Waals surface area contributed by atoms with Crippen LogP contribution in [0.15, 0.2) is 42.7 Å². The summed E-state index contributed by atoms with van der Waals surface area (Å²) < 4.78 is 0. The van der Waals surface area contributed by atoms with Crippen molar-refractivity contribution in [2.75, 3.05) is 6.54 Å². The van der Waals surface area contributed by atoms with Crippen LogP contribution in [-0.4, -0.2) is 27.3 Å². The summed E-state index contributed by atoms with van der Waals surface area (Å²) in [4.78, 5) is 22.4. The quantitative estimate of drug-likeness (QED) is 0.692. The van der Waals surface area contributed by atoms with Crippen molar-refractivity contribution in [2.24, 2.45) is 0 Å². The van der Waals surface area contributed by atoms with E-state index >= 15 is 0 Å². The number of aromatic nitrogens is 2. The molecule has 1 atom stereocenters. The van der Waals surface area contributed by atoms with Crippen LogP contribution >= 0.6 is 0 Å². The highest BCUT2D eigenvalue weighted by Gasteiger charge is 2.38. The van der Waals surface area contributed by atoms with Crippen molar-refractivity contribution in [3.8, 4) is 0 Å². The van der Waals surface area contributed by atoms with Crippen LogP contribution in [0.4, 0.5) is 0 Å². The first-order chi connectivity index (χ1) is 10.8. The molecule has 1 N–H and O–H groups in total. The molecule has 5 rings (SSSR count). The van der Waals surface area contributed by atoms with Gasteiger partial charge in [-0.15, -0.1) is 0 Å². The molecule has 4 heterocycles. The van der Waals surface area contributed by atoms with Crippen molar-refractivity contribution < 1.29 is 4.79 Å². The molecule has 22 heavy (non-hydrogen) atoms. The van der Waals surface area contributed by atoms with Gasteiger partial charge in [-0.05, 0) is 36.1 Å². The predicted molar refractivity (Wildman–Crippen MR) is 83.7 cm³/mol. The molecule has 0 spiro atoms. The molecule has 2 aliphatic rings. The van der Waals surface area contributed by atoms with E-state index in [0.717, 1.165) is 30.5 Å². The molecular formula is C18H15N3O. The Labute approximate surface area is 127 Å². The van der Waals surface area contributed by atoms with E-state index in [1.807, 2.05) is 11.0 Å². The third-order valence-corrected chi connectivity index (χ3v) is 4.97. The minimum absolute atomic E-state index is 0.114. The van der Waals surface area contributed by atoms with Gasteiger partial charge in [0.1, 0.15) is 0 Å². The number of aromatic amines is 1. The van der Waals surface area contributed by atoms with E-state index in [9.17, 15) is 4.79 Å². The van der Waals surface area contributed by atoms with Crippen LogP contribution in [0.5, 0.6) is 0 Å². The van der Waals surface area contributed by atoms with Gasteiger partial charge in [-0.2, -0.15) is 0 Å². The average molecular weight is 289 g/mol. The number of fused-ring (bicyclic) bond motifs is 6. The lowest BCUT2D eigenvalue weighted by Crippen LogP contribution is -2.44. The summed E-state index contributed by atoms with van der Waals surface area (Å²) in [5, 5.41) is 1.30. The molecule has 1 amide bonds. The standard InChI is InChI=1S/C18H15N3O/c22-18-14-10-19-7-5-11(14)9-16-17-13(6-8-21(16)18)12-3-1-2-4-15(12)20-17/h1-5,7,10,16,20H,6,8-9H2/t16-/m1/s1. The van der Waals surface area contributed by atoms with E-state index in [4.69, 9.17) is 0 Å². The zero-order valence-corrected chi connectivity index (χ0v) is 12.0. The van der Waals surface area contributed by atoms with Crippen molar-refractivity contribution >= 4 is 16.8 Å². The van der Waals surface area contributed by atoms with Gasteiger partial charge in [0.05, 0.1) is 11.6 Å². The van der Waals surface area contributed by atoms with Gasteiger partial charge >= 0.3 is 0 Å². The average Bonchev–Trinajstić information content (AvgIpc) is 2.94. The maximum atomic E-state index is 12.7. The summed E-state index contributed by atoms with van der Waals surface area (Å²) in [5.74, 6) is 0.114. The fraction of sp³-hybridized carbons (Fsp3) is 0.222. The van der Waals surface area contributed by atoms with Gasteiger partial charge < -0.3 is 9.88 Å². The third kappa shape index (κ3) is 1.47. The molecule has 0 radical (unpaired) electrons. The first-order valence-corrected chi connectivity index (χ1v) is 7.66. The maximum Gasteiger partial charge on any atom is 0.256 e. The van der Waals surface area contributed by atoms with Crippen LogP contribution in [0.25, 0.3) is 10.9 Å². The lowest BCUT2D eigenvalue weighted by Gasteiger charge is -2.39. The van der Waals surface area contributed by atoms with Gasteiger partial charge in [0.15, 0.2) is 0 Å². The van der Waals surface area contributed by atoms with Crippen LogP contribution in [-0.2, 0) is 12.8 Å². The molecule has 3 aromatic rings. The van der Waals surface area contributed by atoms with Crippen LogP contribution in [0.2, 0.25) is 0 Å². The van der Waals surface area contributed by atoms with Gasteiger partial charge in [-0.1, -0.05) is 18.2 Å². The minimum atomic E-state index is 0.114. The second-order valence-electron chi connectivity index (χ2n) is 6.06. The minimum Gasteiger partial charge on any atom is -0.356 e. The summed E-state index contributed by atoms with van der Waals surface area (Å²) in [6.45, 7) is 0.784. The van der Waals surface area contributed by atoms with E-state index in [1.54, 1.807) is 12.4 Å². The van der Waals surface area contributed by atoms with Gasteiger partial charge in [-0.3, -0.25) is 9.78 Å². The Kier molecular flexibility index (Phi) is 2.28. The largest absolute Gasteiger partial charge is 0.356 e. The number of hydrogen-bond donors (Lipinski definition) is 1. The molecule has 0 aliphatic carbocycles. The van der Waals surface area contributed by atoms with E-state index in [0.29, 0.717) is 0 Å². The van der Waals surface area contributed by atoms with E-state index in [-0.39, 0.29) is 11.9 Å².